The second kappa shape index (κ2) is 8.51. The Morgan fingerprint density at radius 3 is 2.47 bits per heavy atom. The van der Waals surface area contributed by atoms with Crippen LogP contribution in [0.25, 0.3) is 0 Å². The fourth-order valence-corrected chi connectivity index (χ4v) is 1.33. The van der Waals surface area contributed by atoms with Crippen molar-refractivity contribution in [1.29, 1.82) is 0 Å². The summed E-state index contributed by atoms with van der Waals surface area (Å²) in [5, 5.41) is 0. The lowest BCUT2D eigenvalue weighted by Gasteiger charge is -2.16. The lowest BCUT2D eigenvalue weighted by atomic mass is 10.1. The van der Waals surface area contributed by atoms with Gasteiger partial charge in [0.25, 0.3) is 0 Å². The first-order chi connectivity index (χ1) is 7.15. The standard InChI is InChI=1S/C13H24O2/c1-5-8-9-10-12(7-3)15-13(14)11(4)6-2/h6,12H,5,7-10H2,1-4H3. The van der Waals surface area contributed by atoms with E-state index in [4.69, 9.17) is 4.74 Å². The second-order valence-electron chi connectivity index (χ2n) is 3.90. The number of carbonyl (C=O) groups is 1. The Labute approximate surface area is 93.7 Å². The van der Waals surface area contributed by atoms with E-state index in [2.05, 4.69) is 13.8 Å². The maximum Gasteiger partial charge on any atom is 0.333 e. The maximum absolute atomic E-state index is 11.5. The van der Waals surface area contributed by atoms with Crippen LogP contribution < -0.4 is 0 Å². The summed E-state index contributed by atoms with van der Waals surface area (Å²) in [6, 6.07) is 0. The molecule has 0 aromatic heterocycles. The summed E-state index contributed by atoms with van der Waals surface area (Å²) in [7, 11) is 0. The SMILES string of the molecule is CC=C(C)C(=O)OC(CC)CCCCC. The third kappa shape index (κ3) is 6.32. The van der Waals surface area contributed by atoms with Crippen molar-refractivity contribution in [3.05, 3.63) is 11.6 Å². The zero-order valence-electron chi connectivity index (χ0n) is 10.5. The number of allylic oxidation sites excluding steroid dienone is 1. The fourth-order valence-electron chi connectivity index (χ4n) is 1.33. The first-order valence-corrected chi connectivity index (χ1v) is 5.99. The minimum atomic E-state index is -0.166. The summed E-state index contributed by atoms with van der Waals surface area (Å²) < 4.78 is 5.39. The van der Waals surface area contributed by atoms with Gasteiger partial charge >= 0.3 is 5.97 Å². The van der Waals surface area contributed by atoms with Gasteiger partial charge in [-0.05, 0) is 33.1 Å². The van der Waals surface area contributed by atoms with E-state index >= 15 is 0 Å². The Hall–Kier alpha value is -0.790. The number of carbonyl (C=O) groups excluding carboxylic acids is 1. The Morgan fingerprint density at radius 2 is 2.00 bits per heavy atom. The number of unbranched alkanes of at least 4 members (excludes halogenated alkanes) is 2. The van der Waals surface area contributed by atoms with E-state index in [1.165, 1.54) is 12.8 Å². The molecular formula is C13H24O2. The van der Waals surface area contributed by atoms with Gasteiger partial charge < -0.3 is 4.74 Å². The lowest BCUT2D eigenvalue weighted by molar-refractivity contribution is -0.144. The van der Waals surface area contributed by atoms with Gasteiger partial charge in [-0.1, -0.05) is 32.8 Å². The van der Waals surface area contributed by atoms with E-state index in [9.17, 15) is 4.79 Å². The van der Waals surface area contributed by atoms with Crippen molar-refractivity contribution in [2.24, 2.45) is 0 Å². The van der Waals surface area contributed by atoms with Crippen molar-refractivity contribution < 1.29 is 9.53 Å². The fraction of sp³-hybridized carbons (Fsp3) is 0.769. The van der Waals surface area contributed by atoms with Crippen LogP contribution in [-0.2, 0) is 9.53 Å². The van der Waals surface area contributed by atoms with Gasteiger partial charge in [0.05, 0.1) is 0 Å². The molecule has 2 nitrogen and oxygen atoms in total. The number of hydrogen-bond acceptors (Lipinski definition) is 2. The Kier molecular flexibility index (Phi) is 8.06. The first kappa shape index (κ1) is 14.2. The molecule has 0 aliphatic rings. The average Bonchev–Trinajstić information content (AvgIpc) is 2.26. The van der Waals surface area contributed by atoms with Gasteiger partial charge in [0.2, 0.25) is 0 Å². The second-order valence-corrected chi connectivity index (χ2v) is 3.90. The largest absolute Gasteiger partial charge is 0.459 e. The van der Waals surface area contributed by atoms with Gasteiger partial charge in [-0.2, -0.15) is 0 Å². The highest BCUT2D eigenvalue weighted by Crippen LogP contribution is 2.12. The van der Waals surface area contributed by atoms with Crippen LogP contribution in [0.1, 0.15) is 59.8 Å². The summed E-state index contributed by atoms with van der Waals surface area (Å²) >= 11 is 0. The van der Waals surface area contributed by atoms with Gasteiger partial charge in [-0.3, -0.25) is 0 Å². The molecule has 0 fully saturated rings. The molecule has 15 heavy (non-hydrogen) atoms. The first-order valence-electron chi connectivity index (χ1n) is 5.99. The minimum absolute atomic E-state index is 0.0962. The highest BCUT2D eigenvalue weighted by Gasteiger charge is 2.12. The van der Waals surface area contributed by atoms with Crippen molar-refractivity contribution >= 4 is 5.97 Å². The molecule has 0 aromatic carbocycles. The molecule has 0 aromatic rings. The predicted molar refractivity (Wildman–Crippen MR) is 63.7 cm³/mol. The summed E-state index contributed by atoms with van der Waals surface area (Å²) in [6.07, 6.45) is 7.37. The third-order valence-electron chi connectivity index (χ3n) is 2.61. The van der Waals surface area contributed by atoms with Crippen LogP contribution in [0.4, 0.5) is 0 Å². The smallest absolute Gasteiger partial charge is 0.333 e. The molecule has 0 saturated carbocycles. The Balaban J connectivity index is 3.93. The Morgan fingerprint density at radius 1 is 1.33 bits per heavy atom. The summed E-state index contributed by atoms with van der Waals surface area (Å²) in [6.45, 7) is 7.89. The zero-order valence-corrected chi connectivity index (χ0v) is 10.5. The molecule has 0 amide bonds. The molecule has 0 bridgehead atoms. The van der Waals surface area contributed by atoms with Crippen LogP contribution in [0.2, 0.25) is 0 Å². The van der Waals surface area contributed by atoms with Gasteiger partial charge in [-0.15, -0.1) is 0 Å². The van der Waals surface area contributed by atoms with Crippen LogP contribution >= 0.6 is 0 Å². The maximum atomic E-state index is 11.5. The average molecular weight is 212 g/mol. The van der Waals surface area contributed by atoms with E-state index in [-0.39, 0.29) is 12.1 Å². The lowest BCUT2D eigenvalue weighted by Crippen LogP contribution is -2.18. The molecule has 1 unspecified atom stereocenters. The van der Waals surface area contributed by atoms with Crippen molar-refractivity contribution in [3.63, 3.8) is 0 Å². The Bertz CT molecular complexity index is 207. The van der Waals surface area contributed by atoms with Crippen LogP contribution in [0, 0.1) is 0 Å². The summed E-state index contributed by atoms with van der Waals surface area (Å²) in [4.78, 5) is 11.5. The molecule has 0 rings (SSSR count). The topological polar surface area (TPSA) is 26.3 Å². The molecule has 0 saturated heterocycles. The van der Waals surface area contributed by atoms with Crippen LogP contribution in [-0.4, -0.2) is 12.1 Å². The van der Waals surface area contributed by atoms with Gasteiger partial charge in [0.15, 0.2) is 0 Å². The molecule has 0 aliphatic carbocycles. The quantitative estimate of drug-likeness (QED) is 0.364. The molecule has 0 heterocycles. The number of ether oxygens (including phenoxy) is 1. The van der Waals surface area contributed by atoms with E-state index in [0.717, 1.165) is 19.3 Å². The van der Waals surface area contributed by atoms with E-state index in [1.807, 2.05) is 6.92 Å². The van der Waals surface area contributed by atoms with E-state index in [1.54, 1.807) is 13.0 Å². The number of rotatable bonds is 7. The van der Waals surface area contributed by atoms with Crippen molar-refractivity contribution in [3.8, 4) is 0 Å². The minimum Gasteiger partial charge on any atom is -0.459 e. The molecular weight excluding hydrogens is 188 g/mol. The summed E-state index contributed by atoms with van der Waals surface area (Å²) in [5.74, 6) is -0.166. The van der Waals surface area contributed by atoms with E-state index in [0.29, 0.717) is 5.57 Å². The molecule has 2 heteroatoms. The zero-order chi connectivity index (χ0) is 11.7. The molecule has 0 spiro atoms. The third-order valence-corrected chi connectivity index (χ3v) is 2.61. The number of esters is 1. The highest BCUT2D eigenvalue weighted by atomic mass is 16.5. The van der Waals surface area contributed by atoms with Gasteiger partial charge in [0, 0.05) is 5.57 Å². The van der Waals surface area contributed by atoms with Gasteiger partial charge in [-0.25, -0.2) is 4.79 Å². The van der Waals surface area contributed by atoms with Crippen LogP contribution in [0.5, 0.6) is 0 Å². The summed E-state index contributed by atoms with van der Waals surface area (Å²) in [5.41, 5.74) is 0.698. The molecule has 0 aliphatic heterocycles. The molecule has 0 N–H and O–H groups in total. The van der Waals surface area contributed by atoms with Crippen molar-refractivity contribution in [1.82, 2.24) is 0 Å². The molecule has 88 valence electrons. The van der Waals surface area contributed by atoms with Crippen LogP contribution in [0.15, 0.2) is 11.6 Å². The monoisotopic (exact) mass is 212 g/mol. The number of hydrogen-bond donors (Lipinski definition) is 0. The van der Waals surface area contributed by atoms with Crippen molar-refractivity contribution in [2.75, 3.05) is 0 Å². The molecule has 0 radical (unpaired) electrons. The highest BCUT2D eigenvalue weighted by molar-refractivity contribution is 5.87. The van der Waals surface area contributed by atoms with Gasteiger partial charge in [0.1, 0.15) is 6.10 Å². The molecule has 1 atom stereocenters. The predicted octanol–water partition coefficient (Wildman–Crippen LogP) is 3.85. The normalized spacial score (nSPS) is 13.7. The van der Waals surface area contributed by atoms with Crippen LogP contribution in [0.3, 0.4) is 0 Å². The van der Waals surface area contributed by atoms with E-state index < -0.39 is 0 Å². The van der Waals surface area contributed by atoms with Crippen molar-refractivity contribution in [2.45, 2.75) is 65.9 Å².